The van der Waals surface area contributed by atoms with Crippen LogP contribution in [0.4, 0.5) is 0 Å². The maximum Gasteiger partial charge on any atom is 0.314 e. The van der Waals surface area contributed by atoms with Gasteiger partial charge in [-0.1, -0.05) is 0 Å². The Morgan fingerprint density at radius 2 is 1.91 bits per heavy atom. The van der Waals surface area contributed by atoms with Gasteiger partial charge in [-0.15, -0.1) is 0 Å². The molecule has 1 amide bonds. The van der Waals surface area contributed by atoms with Crippen LogP contribution in [0.1, 0.15) is 12.8 Å². The summed E-state index contributed by atoms with van der Waals surface area (Å²) in [6.45, 7) is 1.75. The van der Waals surface area contributed by atoms with Gasteiger partial charge in [0.2, 0.25) is 0 Å². The first-order chi connectivity index (χ1) is 5.04. The van der Waals surface area contributed by atoms with Crippen LogP contribution in [0.3, 0.4) is 0 Å². The zero-order valence-corrected chi connectivity index (χ0v) is 6.54. The Morgan fingerprint density at radius 3 is 2.27 bits per heavy atom. The maximum atomic E-state index is 11.1. The van der Waals surface area contributed by atoms with Crippen LogP contribution in [0.2, 0.25) is 0 Å². The minimum absolute atomic E-state index is 0.0350. The maximum absolute atomic E-state index is 11.1. The highest BCUT2D eigenvalue weighted by Gasteiger charge is 2.44. The molecule has 0 radical (unpaired) electrons. The number of rotatable bonds is 3. The summed E-state index contributed by atoms with van der Waals surface area (Å²) in [6, 6.07) is 0. The molecule has 11 heavy (non-hydrogen) atoms. The predicted molar refractivity (Wildman–Crippen MR) is 37.8 cm³/mol. The third kappa shape index (κ3) is 2.01. The molecule has 1 aliphatic rings. The largest absolute Gasteiger partial charge is 0.481 e. The Kier molecular flexibility index (Phi) is 1.95. The summed E-state index contributed by atoms with van der Waals surface area (Å²) >= 11 is 0. The number of carboxylic acids is 1. The second-order valence-corrected chi connectivity index (χ2v) is 3.13. The van der Waals surface area contributed by atoms with Crippen LogP contribution in [0, 0.1) is 0 Å². The molecule has 0 bridgehead atoms. The first-order valence-electron chi connectivity index (χ1n) is 3.64. The molecule has 0 aromatic heterocycles. The molecule has 0 atom stereocenters. The van der Waals surface area contributed by atoms with Crippen molar-refractivity contribution in [1.82, 2.24) is 0 Å². The van der Waals surface area contributed by atoms with E-state index in [2.05, 4.69) is 0 Å². The molecular formula is C7H12NO3+. The molecule has 1 N–H and O–H groups in total. The number of carboxylic acid groups (broad SMARTS) is 1. The number of nitrogens with zero attached hydrogens (tertiary/aromatic N) is 1. The molecule has 1 heterocycles. The molecule has 1 aliphatic heterocycles. The predicted octanol–water partition coefficient (Wildman–Crippen LogP) is -0.162. The van der Waals surface area contributed by atoms with Gasteiger partial charge in [-0.2, -0.15) is 0 Å². The Bertz CT molecular complexity index is 196. The summed E-state index contributed by atoms with van der Waals surface area (Å²) in [7, 11) is 1.84. The van der Waals surface area contributed by atoms with Crippen LogP contribution in [-0.4, -0.2) is 41.6 Å². The van der Waals surface area contributed by atoms with Crippen molar-refractivity contribution in [1.29, 1.82) is 0 Å². The average Bonchev–Trinajstić information content (AvgIpc) is 2.64. The van der Waals surface area contributed by atoms with Crippen molar-refractivity contribution in [3.63, 3.8) is 0 Å². The van der Waals surface area contributed by atoms with Crippen LogP contribution in [0.5, 0.6) is 0 Å². The van der Waals surface area contributed by atoms with E-state index >= 15 is 0 Å². The Hall–Kier alpha value is -0.900. The van der Waals surface area contributed by atoms with Gasteiger partial charge in [0.25, 0.3) is 0 Å². The number of carbonyl (C=O) groups excluding carboxylic acids is 1. The fraction of sp³-hybridized carbons (Fsp3) is 0.714. The Balaban J connectivity index is 2.27. The topological polar surface area (TPSA) is 54.4 Å². The quantitative estimate of drug-likeness (QED) is 0.458. The number of likely N-dealkylation sites (N-methyl/N-ethyl adjacent to an activating group) is 1. The number of hydrogen-bond donors (Lipinski definition) is 1. The minimum Gasteiger partial charge on any atom is -0.481 e. The fourth-order valence-corrected chi connectivity index (χ4v) is 0.883. The highest BCUT2D eigenvalue weighted by molar-refractivity contribution is 5.76. The summed E-state index contributed by atoms with van der Waals surface area (Å²) in [4.78, 5) is 21.2. The monoisotopic (exact) mass is 158 g/mol. The molecule has 0 saturated carbocycles. The standard InChI is InChI=1S/C7H11NO3/c1-8(4-5-8)6(9)2-3-7(10)11/h2-5H2,1H3/p+1. The van der Waals surface area contributed by atoms with Crippen LogP contribution in [0.25, 0.3) is 0 Å². The van der Waals surface area contributed by atoms with Gasteiger partial charge in [0, 0.05) is 0 Å². The van der Waals surface area contributed by atoms with E-state index in [1.165, 1.54) is 0 Å². The lowest BCUT2D eigenvalue weighted by Crippen LogP contribution is -2.28. The lowest BCUT2D eigenvalue weighted by molar-refractivity contribution is -0.694. The fourth-order valence-electron chi connectivity index (χ4n) is 0.883. The number of aliphatic carboxylic acids is 1. The van der Waals surface area contributed by atoms with E-state index in [1.807, 2.05) is 7.05 Å². The van der Waals surface area contributed by atoms with Gasteiger partial charge >= 0.3 is 11.9 Å². The third-order valence-electron chi connectivity index (χ3n) is 2.05. The van der Waals surface area contributed by atoms with Gasteiger partial charge in [-0.05, 0) is 0 Å². The van der Waals surface area contributed by atoms with Gasteiger partial charge in [0.05, 0.1) is 19.9 Å². The lowest BCUT2D eigenvalue weighted by atomic mass is 10.3. The summed E-state index contributed by atoms with van der Waals surface area (Å²) in [5.74, 6) is -0.848. The molecule has 0 unspecified atom stereocenters. The summed E-state index contributed by atoms with van der Waals surface area (Å²) in [6.07, 6.45) is 0.137. The smallest absolute Gasteiger partial charge is 0.314 e. The number of quaternary nitrogens is 1. The van der Waals surface area contributed by atoms with Crippen molar-refractivity contribution in [3.8, 4) is 0 Å². The molecule has 4 heteroatoms. The molecule has 0 aromatic rings. The van der Waals surface area contributed by atoms with Crippen molar-refractivity contribution in [3.05, 3.63) is 0 Å². The molecule has 1 saturated heterocycles. The van der Waals surface area contributed by atoms with E-state index in [1.54, 1.807) is 0 Å². The second-order valence-electron chi connectivity index (χ2n) is 3.13. The summed E-state index contributed by atoms with van der Waals surface area (Å²) < 4.78 is 0.438. The van der Waals surface area contributed by atoms with Crippen LogP contribution in [-0.2, 0) is 9.59 Å². The van der Waals surface area contributed by atoms with Gasteiger partial charge < -0.3 is 5.11 Å². The highest BCUT2D eigenvalue weighted by Crippen LogP contribution is 2.19. The van der Waals surface area contributed by atoms with E-state index in [9.17, 15) is 9.59 Å². The molecular weight excluding hydrogens is 146 g/mol. The van der Waals surface area contributed by atoms with Crippen molar-refractivity contribution < 1.29 is 19.2 Å². The van der Waals surface area contributed by atoms with E-state index in [4.69, 9.17) is 5.11 Å². The SMILES string of the molecule is C[N+]1(C(=O)CCC(=O)O)CC1. The number of carbonyl (C=O) groups is 2. The normalized spacial score (nSPS) is 19.4. The Morgan fingerprint density at radius 1 is 1.36 bits per heavy atom. The Labute approximate surface area is 65.0 Å². The van der Waals surface area contributed by atoms with E-state index < -0.39 is 5.97 Å². The van der Waals surface area contributed by atoms with Crippen LogP contribution >= 0.6 is 0 Å². The van der Waals surface area contributed by atoms with Gasteiger partial charge in [0.1, 0.15) is 13.1 Å². The molecule has 0 aromatic carbocycles. The van der Waals surface area contributed by atoms with Crippen LogP contribution in [0.15, 0.2) is 0 Å². The number of hydrogen-bond acceptors (Lipinski definition) is 2. The van der Waals surface area contributed by atoms with Crippen molar-refractivity contribution in [2.24, 2.45) is 0 Å². The average molecular weight is 158 g/mol. The first-order valence-corrected chi connectivity index (χ1v) is 3.64. The minimum atomic E-state index is -0.896. The summed E-state index contributed by atoms with van der Waals surface area (Å²) in [5, 5.41) is 8.29. The lowest BCUT2D eigenvalue weighted by Gasteiger charge is -2.06. The molecule has 4 nitrogen and oxygen atoms in total. The highest BCUT2D eigenvalue weighted by atomic mass is 16.4. The molecule has 0 aliphatic carbocycles. The van der Waals surface area contributed by atoms with Crippen molar-refractivity contribution in [2.45, 2.75) is 12.8 Å². The summed E-state index contributed by atoms with van der Waals surface area (Å²) in [5.41, 5.74) is 0. The van der Waals surface area contributed by atoms with E-state index in [-0.39, 0.29) is 18.7 Å². The van der Waals surface area contributed by atoms with Gasteiger partial charge in [0.15, 0.2) is 0 Å². The van der Waals surface area contributed by atoms with Gasteiger partial charge in [-0.3, -0.25) is 9.28 Å². The zero-order valence-electron chi connectivity index (χ0n) is 6.54. The van der Waals surface area contributed by atoms with Gasteiger partial charge in [-0.25, -0.2) is 4.79 Å². The third-order valence-corrected chi connectivity index (χ3v) is 2.05. The number of amides is 1. The zero-order chi connectivity index (χ0) is 8.48. The molecule has 62 valence electrons. The second kappa shape index (κ2) is 2.62. The molecule has 0 spiro atoms. The van der Waals surface area contributed by atoms with Crippen LogP contribution < -0.4 is 0 Å². The van der Waals surface area contributed by atoms with Crippen molar-refractivity contribution in [2.75, 3.05) is 20.1 Å². The first kappa shape index (κ1) is 8.20. The van der Waals surface area contributed by atoms with E-state index in [0.29, 0.717) is 4.48 Å². The van der Waals surface area contributed by atoms with Crippen molar-refractivity contribution >= 4 is 11.9 Å². The molecule has 1 fully saturated rings. The van der Waals surface area contributed by atoms with E-state index in [0.717, 1.165) is 13.1 Å². The molecule has 1 rings (SSSR count).